The summed E-state index contributed by atoms with van der Waals surface area (Å²) in [5.41, 5.74) is 0.851. The summed E-state index contributed by atoms with van der Waals surface area (Å²) in [6.07, 6.45) is -1.23. The lowest BCUT2D eigenvalue weighted by molar-refractivity contribution is -0.137. The number of halogens is 3. The predicted molar refractivity (Wildman–Crippen MR) is 121 cm³/mol. The quantitative estimate of drug-likeness (QED) is 0.592. The maximum Gasteiger partial charge on any atom is 0.416 e. The first-order valence-corrected chi connectivity index (χ1v) is 12.6. The molecule has 6 nitrogen and oxygen atoms in total. The van der Waals surface area contributed by atoms with Crippen molar-refractivity contribution >= 4 is 21.6 Å². The average molecular weight is 484 g/mol. The number of hydrogen-bond acceptors (Lipinski definition) is 4. The first-order valence-electron chi connectivity index (χ1n) is 10.7. The van der Waals surface area contributed by atoms with E-state index in [4.69, 9.17) is 0 Å². The van der Waals surface area contributed by atoms with E-state index < -0.39 is 33.7 Å². The van der Waals surface area contributed by atoms with Crippen LogP contribution in [0.4, 0.5) is 18.9 Å². The molecule has 0 bridgehead atoms. The van der Waals surface area contributed by atoms with E-state index in [1.54, 1.807) is 25.1 Å². The van der Waals surface area contributed by atoms with Crippen molar-refractivity contribution < 1.29 is 26.4 Å². The number of rotatable bonds is 8. The summed E-state index contributed by atoms with van der Waals surface area (Å²) in [6.45, 7) is 4.00. The first-order chi connectivity index (χ1) is 15.4. The van der Waals surface area contributed by atoms with E-state index in [9.17, 15) is 26.4 Å². The van der Waals surface area contributed by atoms with Crippen molar-refractivity contribution in [3.8, 4) is 0 Å². The molecule has 2 unspecified atom stereocenters. The molecule has 0 spiro atoms. The van der Waals surface area contributed by atoms with Gasteiger partial charge in [-0.25, -0.2) is 8.42 Å². The van der Waals surface area contributed by atoms with Crippen LogP contribution in [0, 0.1) is 0 Å². The minimum Gasteiger partial charge on any atom is -0.347 e. The molecule has 180 valence electrons. The number of anilines is 1. The molecule has 0 aliphatic carbocycles. The van der Waals surface area contributed by atoms with Gasteiger partial charge in [0, 0.05) is 12.2 Å². The van der Waals surface area contributed by atoms with Gasteiger partial charge in [0.1, 0.15) is 0 Å². The summed E-state index contributed by atoms with van der Waals surface area (Å²) < 4.78 is 64.2. The third kappa shape index (κ3) is 7.20. The largest absolute Gasteiger partial charge is 0.416 e. The molecule has 2 atom stereocenters. The Bertz CT molecular complexity index is 1070. The van der Waals surface area contributed by atoms with Crippen LogP contribution in [-0.2, 0) is 21.0 Å². The van der Waals surface area contributed by atoms with Gasteiger partial charge in [-0.3, -0.25) is 9.52 Å². The van der Waals surface area contributed by atoms with Gasteiger partial charge in [0.15, 0.2) is 0 Å². The van der Waals surface area contributed by atoms with Crippen molar-refractivity contribution in [2.75, 3.05) is 30.6 Å². The Kier molecular flexibility index (Phi) is 7.69. The van der Waals surface area contributed by atoms with Gasteiger partial charge < -0.3 is 10.2 Å². The highest BCUT2D eigenvalue weighted by Gasteiger charge is 2.30. The number of nitrogens with zero attached hydrogens (tertiary/aromatic N) is 1. The Balaban J connectivity index is 1.79. The highest BCUT2D eigenvalue weighted by Crippen LogP contribution is 2.30. The molecule has 1 fully saturated rings. The number of nitrogens with one attached hydrogen (secondary N) is 2. The fourth-order valence-corrected chi connectivity index (χ4v) is 4.45. The summed E-state index contributed by atoms with van der Waals surface area (Å²) >= 11 is 0. The van der Waals surface area contributed by atoms with Crippen LogP contribution in [0.3, 0.4) is 0 Å². The van der Waals surface area contributed by atoms with E-state index in [1.165, 1.54) is 12.1 Å². The number of carbonyl (C=O) groups excluding carboxylic acids is 1. The highest BCUT2D eigenvalue weighted by atomic mass is 32.2. The molecule has 2 aromatic carbocycles. The fourth-order valence-electron chi connectivity index (χ4n) is 3.90. The maximum absolute atomic E-state index is 13.0. The molecule has 3 rings (SSSR count). The smallest absolute Gasteiger partial charge is 0.347 e. The maximum atomic E-state index is 13.0. The van der Waals surface area contributed by atoms with Gasteiger partial charge in [0.05, 0.1) is 23.8 Å². The molecule has 0 saturated carbocycles. The topological polar surface area (TPSA) is 78.5 Å². The van der Waals surface area contributed by atoms with Crippen LogP contribution in [0.1, 0.15) is 48.4 Å². The van der Waals surface area contributed by atoms with Gasteiger partial charge in [-0.05, 0) is 68.2 Å². The Labute approximate surface area is 192 Å². The van der Waals surface area contributed by atoms with Crippen LogP contribution >= 0.6 is 0 Å². The predicted octanol–water partition coefficient (Wildman–Crippen LogP) is 4.13. The minimum atomic E-state index is -4.43. The zero-order chi connectivity index (χ0) is 24.2. The molecule has 1 amide bonds. The molecule has 33 heavy (non-hydrogen) atoms. The molecule has 2 N–H and O–H groups in total. The highest BCUT2D eigenvalue weighted by molar-refractivity contribution is 7.92. The van der Waals surface area contributed by atoms with Crippen LogP contribution < -0.4 is 10.0 Å². The van der Waals surface area contributed by atoms with Gasteiger partial charge in [0.2, 0.25) is 15.9 Å². The van der Waals surface area contributed by atoms with E-state index >= 15 is 0 Å². The van der Waals surface area contributed by atoms with Crippen LogP contribution in [0.5, 0.6) is 0 Å². The van der Waals surface area contributed by atoms with Crippen molar-refractivity contribution in [3.63, 3.8) is 0 Å². The number of likely N-dealkylation sites (tertiary alicyclic amines) is 1. The Morgan fingerprint density at radius 2 is 1.70 bits per heavy atom. The van der Waals surface area contributed by atoms with Crippen LogP contribution in [-0.4, -0.2) is 45.1 Å². The van der Waals surface area contributed by atoms with Gasteiger partial charge >= 0.3 is 6.18 Å². The molecular formula is C23H28F3N3O3S. The number of amides is 1. The number of carbonyl (C=O) groups is 1. The molecule has 1 saturated heterocycles. The van der Waals surface area contributed by atoms with E-state index in [1.807, 2.05) is 6.07 Å². The molecule has 0 aromatic heterocycles. The fraction of sp³-hybridized carbons (Fsp3) is 0.435. The van der Waals surface area contributed by atoms with Crippen LogP contribution in [0.25, 0.3) is 0 Å². The normalized spacial score (nSPS) is 16.9. The SMILES string of the molecule is CC(C(=O)NC(CN1CCCC1)c1cccc(NS(C)(=O)=O)c1)c1ccc(C(F)(F)F)cc1. The molecule has 10 heteroatoms. The number of alkyl halides is 3. The van der Waals surface area contributed by atoms with E-state index in [0.717, 1.165) is 49.9 Å². The standard InChI is InChI=1S/C23H28F3N3O3S/c1-16(17-8-10-19(11-9-17)23(24,25)26)22(30)27-21(15-29-12-3-4-13-29)18-6-5-7-20(14-18)28-33(2,31)32/h5-11,14,16,21,28H,3-4,12-13,15H2,1-2H3,(H,27,30). The summed E-state index contributed by atoms with van der Waals surface area (Å²) in [4.78, 5) is 15.3. The monoisotopic (exact) mass is 483 g/mol. The molecule has 1 aliphatic rings. The summed E-state index contributed by atoms with van der Waals surface area (Å²) in [7, 11) is -3.46. The van der Waals surface area contributed by atoms with Crippen molar-refractivity contribution in [2.24, 2.45) is 0 Å². The van der Waals surface area contributed by atoms with Crippen LogP contribution in [0.2, 0.25) is 0 Å². The molecule has 1 aliphatic heterocycles. The Morgan fingerprint density at radius 1 is 1.06 bits per heavy atom. The second-order valence-electron chi connectivity index (χ2n) is 8.41. The molecule has 0 radical (unpaired) electrons. The lowest BCUT2D eigenvalue weighted by atomic mass is 9.97. The summed E-state index contributed by atoms with van der Waals surface area (Å²) in [6, 6.07) is 11.0. The van der Waals surface area contributed by atoms with Gasteiger partial charge in [-0.15, -0.1) is 0 Å². The van der Waals surface area contributed by atoms with Crippen LogP contribution in [0.15, 0.2) is 48.5 Å². The zero-order valence-electron chi connectivity index (χ0n) is 18.5. The lowest BCUT2D eigenvalue weighted by Gasteiger charge is -2.27. The minimum absolute atomic E-state index is 0.319. The lowest BCUT2D eigenvalue weighted by Crippen LogP contribution is -2.38. The molecule has 2 aromatic rings. The Morgan fingerprint density at radius 3 is 2.27 bits per heavy atom. The van der Waals surface area contributed by atoms with Crippen molar-refractivity contribution in [3.05, 3.63) is 65.2 Å². The second-order valence-corrected chi connectivity index (χ2v) is 10.2. The second kappa shape index (κ2) is 10.1. The van der Waals surface area contributed by atoms with Crippen molar-refractivity contribution in [1.29, 1.82) is 0 Å². The molecular weight excluding hydrogens is 455 g/mol. The molecule has 1 heterocycles. The summed E-state index contributed by atoms with van der Waals surface area (Å²) in [5.74, 6) is -0.980. The number of sulfonamides is 1. The average Bonchev–Trinajstić information content (AvgIpc) is 3.24. The third-order valence-corrected chi connectivity index (χ3v) is 6.29. The third-order valence-electron chi connectivity index (χ3n) is 5.68. The zero-order valence-corrected chi connectivity index (χ0v) is 19.3. The summed E-state index contributed by atoms with van der Waals surface area (Å²) in [5, 5.41) is 3.01. The van der Waals surface area contributed by atoms with E-state index in [2.05, 4.69) is 14.9 Å². The van der Waals surface area contributed by atoms with Crippen molar-refractivity contribution in [2.45, 2.75) is 37.9 Å². The van der Waals surface area contributed by atoms with E-state index in [-0.39, 0.29) is 5.91 Å². The Hall–Kier alpha value is -2.59. The van der Waals surface area contributed by atoms with E-state index in [0.29, 0.717) is 17.8 Å². The van der Waals surface area contributed by atoms with Gasteiger partial charge in [-0.1, -0.05) is 24.3 Å². The first kappa shape index (κ1) is 25.0. The van der Waals surface area contributed by atoms with Gasteiger partial charge in [-0.2, -0.15) is 13.2 Å². The number of hydrogen-bond donors (Lipinski definition) is 2. The van der Waals surface area contributed by atoms with Crippen molar-refractivity contribution in [1.82, 2.24) is 10.2 Å². The van der Waals surface area contributed by atoms with Gasteiger partial charge in [0.25, 0.3) is 0 Å². The number of benzene rings is 2.